The number of likely N-dealkylation sites (N-methyl/N-ethyl adjacent to an activating group) is 1. The Morgan fingerprint density at radius 1 is 0.676 bits per heavy atom. The van der Waals surface area contributed by atoms with Gasteiger partial charge in [0.1, 0.15) is 6.54 Å². The van der Waals surface area contributed by atoms with Crippen molar-refractivity contribution in [2.75, 3.05) is 46.0 Å². The van der Waals surface area contributed by atoms with Crippen LogP contribution in [0.25, 0.3) is 0 Å². The highest BCUT2D eigenvalue weighted by molar-refractivity contribution is 7.45. The molecule has 0 aliphatic rings. The molecular formula is C30H66NO5P. The van der Waals surface area contributed by atoms with Crippen LogP contribution in [0.5, 0.6) is 0 Å². The lowest BCUT2D eigenvalue weighted by atomic mass is 10.0. The van der Waals surface area contributed by atoms with E-state index >= 15 is 0 Å². The fourth-order valence-electron chi connectivity index (χ4n) is 4.63. The highest BCUT2D eigenvalue weighted by atomic mass is 31.2. The minimum atomic E-state index is -4.14. The summed E-state index contributed by atoms with van der Waals surface area (Å²) < 4.78 is 23.0. The van der Waals surface area contributed by atoms with E-state index < -0.39 is 7.82 Å². The van der Waals surface area contributed by atoms with Crippen molar-refractivity contribution in [3.63, 3.8) is 0 Å². The average molecular weight is 552 g/mol. The number of unbranched alkanes of at least 4 members (excludes halogenated alkanes) is 7. The third-order valence-corrected chi connectivity index (χ3v) is 8.86. The summed E-state index contributed by atoms with van der Waals surface area (Å²) in [4.78, 5) is 11.8. The molecule has 0 aromatic rings. The highest BCUT2D eigenvalue weighted by Gasteiger charge is 2.21. The minimum Gasteiger partial charge on any atom is -0.756 e. The predicted molar refractivity (Wildman–Crippen MR) is 158 cm³/mol. The van der Waals surface area contributed by atoms with Crippen molar-refractivity contribution in [3.8, 4) is 0 Å². The number of aliphatic hydroxyl groups is 1. The van der Waals surface area contributed by atoms with Crippen molar-refractivity contribution < 1.29 is 28.1 Å². The van der Waals surface area contributed by atoms with Crippen molar-refractivity contribution >= 4 is 7.82 Å². The summed E-state index contributed by atoms with van der Waals surface area (Å²) in [5.74, 6) is 0.607. The fraction of sp³-hybridized carbons (Fsp3) is 1.00. The maximum atomic E-state index is 11.8. The Hall–Kier alpha value is 0.0300. The smallest absolute Gasteiger partial charge is 0.267 e. The van der Waals surface area contributed by atoms with Gasteiger partial charge in [-0.05, 0) is 51.4 Å². The Morgan fingerprint density at radius 2 is 1.11 bits per heavy atom. The van der Waals surface area contributed by atoms with Crippen LogP contribution < -0.4 is 4.89 Å². The predicted octanol–water partition coefficient (Wildman–Crippen LogP) is 8.12. The van der Waals surface area contributed by atoms with Gasteiger partial charge < -0.3 is 23.5 Å². The molecule has 0 radical (unpaired) electrons. The average Bonchev–Trinajstić information content (AvgIpc) is 2.90. The van der Waals surface area contributed by atoms with Crippen molar-refractivity contribution in [2.24, 2.45) is 11.8 Å². The van der Waals surface area contributed by atoms with Gasteiger partial charge in [0.05, 0.1) is 39.5 Å². The van der Waals surface area contributed by atoms with E-state index in [1.807, 2.05) is 0 Å². The van der Waals surface area contributed by atoms with Crippen molar-refractivity contribution in [3.05, 3.63) is 0 Å². The molecule has 0 bridgehead atoms. The van der Waals surface area contributed by atoms with Crippen LogP contribution in [0.2, 0.25) is 0 Å². The molecule has 0 saturated heterocycles. The third-order valence-electron chi connectivity index (χ3n) is 7.93. The lowest BCUT2D eigenvalue weighted by Gasteiger charge is -2.36. The summed E-state index contributed by atoms with van der Waals surface area (Å²) in [7, 11) is -4.14. The molecule has 0 aliphatic carbocycles. The quantitative estimate of drug-likeness (QED) is 0.0704. The first-order valence-electron chi connectivity index (χ1n) is 15.8. The molecule has 0 aliphatic heterocycles. The second-order valence-electron chi connectivity index (χ2n) is 10.8. The molecule has 0 saturated carbocycles. The molecule has 0 rings (SSSR count). The molecule has 0 heterocycles. The second kappa shape index (κ2) is 26.3. The van der Waals surface area contributed by atoms with Gasteiger partial charge in [-0.15, -0.1) is 0 Å². The van der Waals surface area contributed by atoms with Crippen LogP contribution in [0.4, 0.5) is 0 Å². The van der Waals surface area contributed by atoms with E-state index in [1.54, 1.807) is 0 Å². The molecule has 6 nitrogen and oxygen atoms in total. The Kier molecular flexibility index (Phi) is 27.8. The zero-order chi connectivity index (χ0) is 28.4. The number of nitrogens with zero attached hydrogens (tertiary/aromatic N) is 1. The van der Waals surface area contributed by atoms with Crippen LogP contribution >= 0.6 is 7.82 Å². The summed E-state index contributed by atoms with van der Waals surface area (Å²) in [6.07, 6.45) is 16.6. The van der Waals surface area contributed by atoms with Crippen molar-refractivity contribution in [1.29, 1.82) is 0 Å². The summed E-state index contributed by atoms with van der Waals surface area (Å²) >= 11 is 0. The summed E-state index contributed by atoms with van der Waals surface area (Å²) in [6.45, 7) is 20.5. The largest absolute Gasteiger partial charge is 0.756 e. The Labute approximate surface area is 232 Å². The van der Waals surface area contributed by atoms with Gasteiger partial charge in [-0.1, -0.05) is 98.8 Å². The van der Waals surface area contributed by atoms with E-state index in [9.17, 15) is 9.46 Å². The van der Waals surface area contributed by atoms with Crippen LogP contribution in [0.1, 0.15) is 138 Å². The number of hydrogen-bond donors (Lipinski definition) is 1. The van der Waals surface area contributed by atoms with Gasteiger partial charge >= 0.3 is 0 Å². The number of aliphatic hydroxyl groups excluding tert-OH is 1. The third kappa shape index (κ3) is 22.5. The maximum absolute atomic E-state index is 11.8. The van der Waals surface area contributed by atoms with Crippen LogP contribution in [-0.2, 0) is 13.6 Å². The first-order valence-corrected chi connectivity index (χ1v) is 17.2. The number of quaternary nitrogens is 1. The first-order chi connectivity index (χ1) is 17.7. The second-order valence-corrected chi connectivity index (χ2v) is 12.2. The van der Waals surface area contributed by atoms with Gasteiger partial charge in [0.15, 0.2) is 0 Å². The van der Waals surface area contributed by atoms with Gasteiger partial charge in [-0.2, -0.15) is 0 Å². The molecule has 0 aromatic heterocycles. The van der Waals surface area contributed by atoms with Crippen LogP contribution in [0.3, 0.4) is 0 Å². The fourth-order valence-corrected chi connectivity index (χ4v) is 5.50. The van der Waals surface area contributed by atoms with E-state index in [4.69, 9.17) is 14.2 Å². The van der Waals surface area contributed by atoms with E-state index in [0.29, 0.717) is 18.4 Å². The molecule has 2 atom stereocenters. The van der Waals surface area contributed by atoms with Gasteiger partial charge in [-0.3, -0.25) is 4.57 Å². The molecule has 0 aromatic carbocycles. The van der Waals surface area contributed by atoms with E-state index in [2.05, 4.69) is 48.5 Å². The zero-order valence-electron chi connectivity index (χ0n) is 26.0. The van der Waals surface area contributed by atoms with E-state index in [1.165, 1.54) is 45.1 Å². The van der Waals surface area contributed by atoms with E-state index in [-0.39, 0.29) is 13.2 Å². The van der Waals surface area contributed by atoms with Crippen molar-refractivity contribution in [1.82, 2.24) is 0 Å². The van der Waals surface area contributed by atoms with Crippen LogP contribution in [-0.4, -0.2) is 55.6 Å². The highest BCUT2D eigenvalue weighted by Crippen LogP contribution is 2.40. The molecular weight excluding hydrogens is 485 g/mol. The summed E-state index contributed by atoms with van der Waals surface area (Å²) in [5, 5.41) is 9.12. The van der Waals surface area contributed by atoms with Crippen molar-refractivity contribution in [2.45, 2.75) is 138 Å². The summed E-state index contributed by atoms with van der Waals surface area (Å²) in [6, 6.07) is 0. The minimum absolute atomic E-state index is 0.253. The Bertz CT molecular complexity index is 492. The topological polar surface area (TPSA) is 78.8 Å². The molecule has 0 spiro atoms. The number of rotatable bonds is 25. The lowest BCUT2D eigenvalue weighted by molar-refractivity contribution is -0.925. The molecule has 1 N–H and O–H groups in total. The molecule has 0 fully saturated rings. The molecule has 7 heteroatoms. The zero-order valence-corrected chi connectivity index (χ0v) is 26.9. The van der Waals surface area contributed by atoms with Gasteiger partial charge in [-0.25, -0.2) is 0 Å². The van der Waals surface area contributed by atoms with Gasteiger partial charge in [0.2, 0.25) is 0 Å². The van der Waals surface area contributed by atoms with Gasteiger partial charge in [0.25, 0.3) is 7.82 Å². The standard InChI is InChI=1S/C16H35O4P.C14H32NO/c1-5-9-11-15(7-3)13-19-21(17,18)20-14-16(8-4)12-10-6-2;1-4-7-8-9-10-11-12-15(5-2,6-3)13-14-16/h15-16H,5-14H2,1-4H3,(H,17,18);16H,4-14H2,1-3H3/q;+1/p-1. The van der Waals surface area contributed by atoms with Crippen LogP contribution in [0, 0.1) is 11.8 Å². The molecule has 0 amide bonds. The number of hydrogen-bond acceptors (Lipinski definition) is 5. The Balaban J connectivity index is 0. The number of phosphoric ester groups is 1. The Morgan fingerprint density at radius 3 is 1.49 bits per heavy atom. The summed E-state index contributed by atoms with van der Waals surface area (Å²) in [5.41, 5.74) is 0. The maximum Gasteiger partial charge on any atom is 0.267 e. The monoisotopic (exact) mass is 551 g/mol. The SMILES string of the molecule is CCCCC(CC)COP(=O)([O-])OCC(CC)CCCC.CCCCCCCC[N+](CC)(CC)CCO. The first kappa shape index (κ1) is 39.2. The normalized spacial score (nSPS) is 15.1. The number of phosphoric acid groups is 1. The molecule has 226 valence electrons. The lowest BCUT2D eigenvalue weighted by Crippen LogP contribution is -2.50. The van der Waals surface area contributed by atoms with E-state index in [0.717, 1.165) is 75.5 Å². The van der Waals surface area contributed by atoms with Gasteiger partial charge in [0, 0.05) is 0 Å². The molecule has 37 heavy (non-hydrogen) atoms. The molecule has 2 unspecified atom stereocenters. The van der Waals surface area contributed by atoms with Crippen LogP contribution in [0.15, 0.2) is 0 Å².